The Hall–Kier alpha value is -2.34. The summed E-state index contributed by atoms with van der Waals surface area (Å²) in [6.45, 7) is 4.84. The molecule has 1 aliphatic heterocycles. The lowest BCUT2D eigenvalue weighted by Gasteiger charge is -2.22. The van der Waals surface area contributed by atoms with E-state index in [2.05, 4.69) is 44.3 Å². The second-order valence-electron chi connectivity index (χ2n) is 5.95. The van der Waals surface area contributed by atoms with Crippen molar-refractivity contribution in [3.05, 3.63) is 42.0 Å². The lowest BCUT2D eigenvalue weighted by Crippen LogP contribution is -2.29. The molecule has 0 unspecified atom stereocenters. The monoisotopic (exact) mass is 312 g/mol. The van der Waals surface area contributed by atoms with Crippen molar-refractivity contribution in [2.75, 3.05) is 49.2 Å². The number of anilines is 3. The fraction of sp³-hybridized carbons (Fsp3) is 0.412. The molecule has 23 heavy (non-hydrogen) atoms. The molecule has 0 bridgehead atoms. The zero-order chi connectivity index (χ0) is 16.1. The fourth-order valence-corrected chi connectivity index (χ4v) is 2.77. The normalized spacial score (nSPS) is 16.1. The first-order valence-corrected chi connectivity index (χ1v) is 8.06. The first-order valence-electron chi connectivity index (χ1n) is 8.06. The van der Waals surface area contributed by atoms with Crippen LogP contribution in [0.5, 0.6) is 0 Å². The Morgan fingerprint density at radius 2 is 1.91 bits per heavy atom. The predicted molar refractivity (Wildman–Crippen MR) is 94.5 cm³/mol. The van der Waals surface area contributed by atoms with E-state index in [1.165, 1.54) is 5.56 Å². The van der Waals surface area contributed by atoms with Gasteiger partial charge in [-0.25, -0.2) is 0 Å². The van der Waals surface area contributed by atoms with E-state index in [0.29, 0.717) is 5.95 Å². The maximum absolute atomic E-state index is 5.90. The van der Waals surface area contributed by atoms with Crippen molar-refractivity contribution in [3.8, 4) is 0 Å². The Balaban J connectivity index is 1.71. The largest absolute Gasteiger partial charge is 0.368 e. The van der Waals surface area contributed by atoms with E-state index in [4.69, 9.17) is 5.73 Å². The molecule has 1 saturated heterocycles. The van der Waals surface area contributed by atoms with E-state index in [-0.39, 0.29) is 0 Å². The molecule has 0 aliphatic carbocycles. The number of benzene rings is 1. The Kier molecular flexibility index (Phi) is 4.92. The Morgan fingerprint density at radius 3 is 2.74 bits per heavy atom. The molecule has 3 N–H and O–H groups in total. The van der Waals surface area contributed by atoms with Crippen molar-refractivity contribution >= 4 is 17.6 Å². The lowest BCUT2D eigenvalue weighted by atomic mass is 10.2. The molecule has 122 valence electrons. The van der Waals surface area contributed by atoms with Crippen LogP contribution in [0.4, 0.5) is 17.6 Å². The third-order valence-electron chi connectivity index (χ3n) is 4.09. The predicted octanol–water partition coefficient (Wildman–Crippen LogP) is 1.81. The van der Waals surface area contributed by atoms with Gasteiger partial charge in [-0.1, -0.05) is 30.3 Å². The molecular weight excluding hydrogens is 288 g/mol. The average Bonchev–Trinajstić information content (AvgIpc) is 2.78. The minimum Gasteiger partial charge on any atom is -0.368 e. The second kappa shape index (κ2) is 7.28. The number of nitrogen functional groups attached to an aromatic ring is 1. The van der Waals surface area contributed by atoms with Crippen LogP contribution in [0.25, 0.3) is 0 Å². The van der Waals surface area contributed by atoms with Crippen LogP contribution >= 0.6 is 0 Å². The maximum Gasteiger partial charge on any atom is 0.223 e. The van der Waals surface area contributed by atoms with Crippen LogP contribution in [0.2, 0.25) is 0 Å². The Morgan fingerprint density at radius 1 is 1.09 bits per heavy atom. The van der Waals surface area contributed by atoms with Crippen LogP contribution < -0.4 is 16.0 Å². The molecular formula is C17H24N6. The summed E-state index contributed by atoms with van der Waals surface area (Å²) in [7, 11) is 2.16. The van der Waals surface area contributed by atoms with E-state index in [1.807, 2.05) is 24.3 Å². The molecule has 0 radical (unpaired) electrons. The molecule has 1 aliphatic rings. The Labute approximate surface area is 137 Å². The van der Waals surface area contributed by atoms with Crippen LogP contribution in [0.1, 0.15) is 12.0 Å². The minimum absolute atomic E-state index is 0.315. The molecule has 1 fully saturated rings. The van der Waals surface area contributed by atoms with Gasteiger partial charge in [-0.3, -0.25) is 0 Å². The molecule has 6 nitrogen and oxygen atoms in total. The molecule has 0 atom stereocenters. The summed E-state index contributed by atoms with van der Waals surface area (Å²) in [4.78, 5) is 13.3. The topological polar surface area (TPSA) is 70.3 Å². The molecule has 1 aromatic carbocycles. The van der Waals surface area contributed by atoms with E-state index in [1.54, 1.807) is 0 Å². The van der Waals surface area contributed by atoms with Crippen molar-refractivity contribution in [2.24, 2.45) is 0 Å². The van der Waals surface area contributed by atoms with Crippen LogP contribution in [0.15, 0.2) is 36.4 Å². The van der Waals surface area contributed by atoms with E-state index in [9.17, 15) is 0 Å². The Bertz CT molecular complexity index is 630. The zero-order valence-electron chi connectivity index (χ0n) is 13.6. The molecule has 1 aromatic heterocycles. The van der Waals surface area contributed by atoms with Crippen LogP contribution in [0, 0.1) is 0 Å². The lowest BCUT2D eigenvalue weighted by molar-refractivity contribution is 0.360. The van der Waals surface area contributed by atoms with Gasteiger partial charge in [0.1, 0.15) is 11.6 Å². The second-order valence-corrected chi connectivity index (χ2v) is 5.95. The van der Waals surface area contributed by atoms with E-state index < -0.39 is 0 Å². The van der Waals surface area contributed by atoms with Gasteiger partial charge in [0, 0.05) is 32.2 Å². The number of nitrogens with one attached hydrogen (secondary N) is 1. The van der Waals surface area contributed by atoms with Gasteiger partial charge in [-0.2, -0.15) is 9.97 Å². The number of hydrogen-bond donors (Lipinski definition) is 2. The van der Waals surface area contributed by atoms with Crippen molar-refractivity contribution in [2.45, 2.75) is 13.0 Å². The first kappa shape index (κ1) is 15.6. The number of nitrogens with zero attached hydrogens (tertiary/aromatic N) is 4. The summed E-state index contributed by atoms with van der Waals surface area (Å²) in [5.41, 5.74) is 7.11. The summed E-state index contributed by atoms with van der Waals surface area (Å²) in [6, 6.07) is 12.2. The fourth-order valence-electron chi connectivity index (χ4n) is 2.77. The van der Waals surface area contributed by atoms with Gasteiger partial charge >= 0.3 is 0 Å². The number of aromatic nitrogens is 2. The van der Waals surface area contributed by atoms with Gasteiger partial charge in [0.15, 0.2) is 0 Å². The van der Waals surface area contributed by atoms with Gasteiger partial charge in [-0.05, 0) is 25.6 Å². The number of likely N-dealkylation sites (N-methyl/N-ethyl adjacent to an activating group) is 1. The average molecular weight is 312 g/mol. The summed E-state index contributed by atoms with van der Waals surface area (Å²) in [5.74, 6) is 1.99. The molecule has 6 heteroatoms. The van der Waals surface area contributed by atoms with Crippen LogP contribution in [-0.4, -0.2) is 48.1 Å². The van der Waals surface area contributed by atoms with E-state index >= 15 is 0 Å². The first-order chi connectivity index (χ1) is 11.2. The van der Waals surface area contributed by atoms with E-state index in [0.717, 1.165) is 50.8 Å². The highest BCUT2D eigenvalue weighted by molar-refractivity contribution is 5.53. The van der Waals surface area contributed by atoms with Crippen molar-refractivity contribution in [1.29, 1.82) is 0 Å². The molecule has 0 saturated carbocycles. The number of hydrogen-bond acceptors (Lipinski definition) is 6. The molecule has 0 amide bonds. The highest BCUT2D eigenvalue weighted by atomic mass is 15.3. The standard InChI is InChI=1S/C17H24N6/c1-22-8-5-9-23(11-10-22)16-12-15(20-17(18)21-16)19-13-14-6-3-2-4-7-14/h2-4,6-7,12H,5,8-11,13H2,1H3,(H3,18,19,20,21). The van der Waals surface area contributed by atoms with Crippen molar-refractivity contribution in [1.82, 2.24) is 14.9 Å². The number of rotatable bonds is 4. The van der Waals surface area contributed by atoms with Crippen LogP contribution in [-0.2, 0) is 6.54 Å². The van der Waals surface area contributed by atoms with Crippen LogP contribution in [0.3, 0.4) is 0 Å². The van der Waals surface area contributed by atoms with Gasteiger partial charge in [0.25, 0.3) is 0 Å². The highest BCUT2D eigenvalue weighted by Gasteiger charge is 2.15. The van der Waals surface area contributed by atoms with Crippen molar-refractivity contribution in [3.63, 3.8) is 0 Å². The molecule has 2 aromatic rings. The molecule has 3 rings (SSSR count). The molecule has 2 heterocycles. The highest BCUT2D eigenvalue weighted by Crippen LogP contribution is 2.19. The molecule has 0 spiro atoms. The summed E-state index contributed by atoms with van der Waals surface area (Å²) >= 11 is 0. The van der Waals surface area contributed by atoms with Crippen molar-refractivity contribution < 1.29 is 0 Å². The maximum atomic E-state index is 5.90. The minimum atomic E-state index is 0.315. The SMILES string of the molecule is CN1CCCN(c2cc(NCc3ccccc3)nc(N)n2)CC1. The van der Waals surface area contributed by atoms with Gasteiger partial charge < -0.3 is 20.9 Å². The zero-order valence-corrected chi connectivity index (χ0v) is 13.6. The van der Waals surface area contributed by atoms with Gasteiger partial charge in [0.05, 0.1) is 0 Å². The third-order valence-corrected chi connectivity index (χ3v) is 4.09. The smallest absolute Gasteiger partial charge is 0.223 e. The van der Waals surface area contributed by atoms with Gasteiger partial charge in [0.2, 0.25) is 5.95 Å². The number of nitrogens with two attached hydrogens (primary N) is 1. The third kappa shape index (κ3) is 4.32. The van der Waals surface area contributed by atoms with Gasteiger partial charge in [-0.15, -0.1) is 0 Å². The summed E-state index contributed by atoms with van der Waals surface area (Å²) in [6.07, 6.45) is 1.13. The summed E-state index contributed by atoms with van der Waals surface area (Å²) < 4.78 is 0. The summed E-state index contributed by atoms with van der Waals surface area (Å²) in [5, 5.41) is 3.34. The quantitative estimate of drug-likeness (QED) is 0.897.